The third-order valence-electron chi connectivity index (χ3n) is 2.66. The molecule has 0 aliphatic carbocycles. The van der Waals surface area contributed by atoms with Gasteiger partial charge in [-0.15, -0.1) is 11.3 Å². The molecule has 1 atom stereocenters. The molecule has 3 rings (SSSR count). The van der Waals surface area contributed by atoms with Gasteiger partial charge in [0.2, 0.25) is 0 Å². The van der Waals surface area contributed by atoms with Gasteiger partial charge < -0.3 is 9.73 Å². The summed E-state index contributed by atoms with van der Waals surface area (Å²) in [6, 6.07) is 8.88. The van der Waals surface area contributed by atoms with E-state index in [0.717, 1.165) is 0 Å². The van der Waals surface area contributed by atoms with Gasteiger partial charge in [0.25, 0.3) is 6.01 Å². The maximum absolute atomic E-state index is 13.0. The van der Waals surface area contributed by atoms with Crippen molar-refractivity contribution in [3.8, 4) is 0 Å². The Morgan fingerprint density at radius 1 is 1.39 bits per heavy atom. The largest absolute Gasteiger partial charge is 0.424 e. The third-order valence-corrected chi connectivity index (χ3v) is 3.71. The molecule has 0 saturated heterocycles. The Kier molecular flexibility index (Phi) is 2.76. The van der Waals surface area contributed by atoms with Crippen LogP contribution < -0.4 is 5.32 Å². The maximum atomic E-state index is 13.0. The van der Waals surface area contributed by atoms with Crippen LogP contribution in [0.1, 0.15) is 17.8 Å². The Morgan fingerprint density at radius 3 is 3.06 bits per heavy atom. The van der Waals surface area contributed by atoms with Crippen molar-refractivity contribution < 1.29 is 8.81 Å². The van der Waals surface area contributed by atoms with E-state index < -0.39 is 0 Å². The fraction of sp³-hybridized carbons (Fsp3) is 0.154. The number of nitrogens with one attached hydrogen (secondary N) is 1. The second-order valence-electron chi connectivity index (χ2n) is 4.01. The van der Waals surface area contributed by atoms with Crippen LogP contribution in [-0.2, 0) is 0 Å². The van der Waals surface area contributed by atoms with Crippen LogP contribution in [0.25, 0.3) is 11.1 Å². The summed E-state index contributed by atoms with van der Waals surface area (Å²) in [5.41, 5.74) is 1.10. The summed E-state index contributed by atoms with van der Waals surface area (Å²) in [4.78, 5) is 5.41. The molecule has 0 spiro atoms. The summed E-state index contributed by atoms with van der Waals surface area (Å²) < 4.78 is 18.5. The first kappa shape index (κ1) is 11.2. The molecule has 3 nitrogen and oxygen atoms in total. The van der Waals surface area contributed by atoms with Gasteiger partial charge >= 0.3 is 0 Å². The Morgan fingerprint density at radius 2 is 2.28 bits per heavy atom. The fourth-order valence-electron chi connectivity index (χ4n) is 1.76. The molecule has 2 heterocycles. The number of thiophene rings is 1. The van der Waals surface area contributed by atoms with Gasteiger partial charge in [-0.2, -0.15) is 4.98 Å². The van der Waals surface area contributed by atoms with Crippen molar-refractivity contribution in [3.63, 3.8) is 0 Å². The molecule has 18 heavy (non-hydrogen) atoms. The molecule has 1 unspecified atom stereocenters. The number of aromatic nitrogens is 1. The zero-order valence-corrected chi connectivity index (χ0v) is 10.5. The normalized spacial score (nSPS) is 12.8. The van der Waals surface area contributed by atoms with E-state index in [9.17, 15) is 4.39 Å². The average Bonchev–Trinajstić information content (AvgIpc) is 2.95. The van der Waals surface area contributed by atoms with E-state index >= 15 is 0 Å². The van der Waals surface area contributed by atoms with Crippen LogP contribution in [-0.4, -0.2) is 4.98 Å². The standard InChI is InChI=1S/C13H11FN2OS/c1-8(12-3-2-6-18-12)15-13-16-10-7-9(14)4-5-11(10)17-13/h2-8H,1H3,(H,15,16). The molecule has 2 aromatic heterocycles. The summed E-state index contributed by atoms with van der Waals surface area (Å²) >= 11 is 1.67. The smallest absolute Gasteiger partial charge is 0.296 e. The van der Waals surface area contributed by atoms with Crippen molar-refractivity contribution in [3.05, 3.63) is 46.4 Å². The lowest BCUT2D eigenvalue weighted by molar-refractivity contribution is 0.602. The Labute approximate surface area is 107 Å². The number of rotatable bonds is 3. The number of fused-ring (bicyclic) bond motifs is 1. The topological polar surface area (TPSA) is 38.1 Å². The first-order valence-corrected chi connectivity index (χ1v) is 6.46. The summed E-state index contributed by atoms with van der Waals surface area (Å²) in [5, 5.41) is 5.19. The van der Waals surface area contributed by atoms with E-state index in [-0.39, 0.29) is 11.9 Å². The molecule has 0 bridgehead atoms. The van der Waals surface area contributed by atoms with Crippen LogP contribution in [0.2, 0.25) is 0 Å². The number of anilines is 1. The number of halogens is 1. The lowest BCUT2D eigenvalue weighted by atomic mass is 10.3. The van der Waals surface area contributed by atoms with E-state index in [4.69, 9.17) is 4.42 Å². The van der Waals surface area contributed by atoms with Crippen molar-refractivity contribution in [1.82, 2.24) is 4.98 Å². The van der Waals surface area contributed by atoms with E-state index in [0.29, 0.717) is 17.1 Å². The van der Waals surface area contributed by atoms with Crippen LogP contribution in [0.3, 0.4) is 0 Å². The highest BCUT2D eigenvalue weighted by Gasteiger charge is 2.11. The molecule has 3 aromatic rings. The summed E-state index contributed by atoms with van der Waals surface area (Å²) in [7, 11) is 0. The van der Waals surface area contributed by atoms with Crippen LogP contribution >= 0.6 is 11.3 Å². The lowest BCUT2D eigenvalue weighted by Crippen LogP contribution is -2.04. The van der Waals surface area contributed by atoms with Gasteiger partial charge in [0, 0.05) is 10.9 Å². The van der Waals surface area contributed by atoms with Gasteiger partial charge in [0.15, 0.2) is 5.58 Å². The monoisotopic (exact) mass is 262 g/mol. The molecule has 5 heteroatoms. The molecule has 0 fully saturated rings. The molecule has 0 amide bonds. The Bertz CT molecular complexity index is 663. The second kappa shape index (κ2) is 4.42. The molecule has 92 valence electrons. The minimum Gasteiger partial charge on any atom is -0.424 e. The van der Waals surface area contributed by atoms with Crippen LogP contribution in [0.15, 0.2) is 40.1 Å². The van der Waals surface area contributed by atoms with Crippen LogP contribution in [0.5, 0.6) is 0 Å². The molecule has 1 aromatic carbocycles. The van der Waals surface area contributed by atoms with Crippen molar-refractivity contribution in [2.45, 2.75) is 13.0 Å². The van der Waals surface area contributed by atoms with Gasteiger partial charge in [0.1, 0.15) is 11.3 Å². The maximum Gasteiger partial charge on any atom is 0.296 e. The Hall–Kier alpha value is -1.88. The molecular formula is C13H11FN2OS. The summed E-state index contributed by atoms with van der Waals surface area (Å²) in [6.07, 6.45) is 0. The van der Waals surface area contributed by atoms with Gasteiger partial charge in [-0.3, -0.25) is 0 Å². The molecule has 0 aliphatic heterocycles. The van der Waals surface area contributed by atoms with Gasteiger partial charge in [0.05, 0.1) is 6.04 Å². The predicted octanol–water partition coefficient (Wildman–Crippen LogP) is 4.20. The molecule has 0 radical (unpaired) electrons. The van der Waals surface area contributed by atoms with Crippen molar-refractivity contribution >= 4 is 28.5 Å². The fourth-order valence-corrected chi connectivity index (χ4v) is 2.49. The third kappa shape index (κ3) is 2.09. The predicted molar refractivity (Wildman–Crippen MR) is 70.3 cm³/mol. The van der Waals surface area contributed by atoms with E-state index in [1.165, 1.54) is 17.0 Å². The van der Waals surface area contributed by atoms with E-state index in [1.54, 1.807) is 17.4 Å². The van der Waals surface area contributed by atoms with Crippen molar-refractivity contribution in [1.29, 1.82) is 0 Å². The van der Waals surface area contributed by atoms with Crippen LogP contribution in [0.4, 0.5) is 10.4 Å². The molecule has 0 saturated carbocycles. The van der Waals surface area contributed by atoms with E-state index in [1.807, 2.05) is 24.4 Å². The zero-order valence-electron chi connectivity index (χ0n) is 9.68. The zero-order chi connectivity index (χ0) is 12.5. The van der Waals surface area contributed by atoms with Gasteiger partial charge in [-0.1, -0.05) is 6.07 Å². The first-order chi connectivity index (χ1) is 8.72. The van der Waals surface area contributed by atoms with E-state index in [2.05, 4.69) is 10.3 Å². The number of nitrogens with zero attached hydrogens (tertiary/aromatic N) is 1. The molecular weight excluding hydrogens is 251 g/mol. The highest BCUT2D eigenvalue weighted by Crippen LogP contribution is 2.25. The van der Waals surface area contributed by atoms with Gasteiger partial charge in [-0.05, 0) is 30.5 Å². The second-order valence-corrected chi connectivity index (χ2v) is 4.99. The summed E-state index contributed by atoms with van der Waals surface area (Å²) in [5.74, 6) is -0.311. The first-order valence-electron chi connectivity index (χ1n) is 5.58. The average molecular weight is 262 g/mol. The summed E-state index contributed by atoms with van der Waals surface area (Å²) in [6.45, 7) is 2.03. The lowest BCUT2D eigenvalue weighted by Gasteiger charge is -2.08. The van der Waals surface area contributed by atoms with Crippen molar-refractivity contribution in [2.75, 3.05) is 5.32 Å². The van der Waals surface area contributed by atoms with Crippen LogP contribution in [0, 0.1) is 5.82 Å². The molecule has 0 aliphatic rings. The minimum absolute atomic E-state index is 0.114. The van der Waals surface area contributed by atoms with Gasteiger partial charge in [-0.25, -0.2) is 4.39 Å². The SMILES string of the molecule is CC(Nc1nc2cc(F)ccc2o1)c1cccs1. The molecule has 1 N–H and O–H groups in total. The number of hydrogen-bond acceptors (Lipinski definition) is 4. The number of hydrogen-bond donors (Lipinski definition) is 1. The highest BCUT2D eigenvalue weighted by atomic mass is 32.1. The highest BCUT2D eigenvalue weighted by molar-refractivity contribution is 7.10. The number of oxazole rings is 1. The van der Waals surface area contributed by atoms with Crippen molar-refractivity contribution in [2.24, 2.45) is 0 Å². The Balaban J connectivity index is 1.86. The quantitative estimate of drug-likeness (QED) is 0.768. The minimum atomic E-state index is -0.311. The number of benzene rings is 1.